The molecule has 1 aromatic rings. The molecule has 0 saturated carbocycles. The standard InChI is InChI=1S/C16H21NO6/c1-16(2,3)23-15(22)17-12(14(20)21)11(13(18)19)9-10-7-5-4-6-8-10/h4-8,11-12H,9H2,1-3H3,(H,17,22)(H,18,19)(H,20,21). The highest BCUT2D eigenvalue weighted by Gasteiger charge is 2.36. The second-order valence-electron chi connectivity index (χ2n) is 6.10. The van der Waals surface area contributed by atoms with Gasteiger partial charge in [0.25, 0.3) is 0 Å². The molecule has 0 spiro atoms. The van der Waals surface area contributed by atoms with E-state index in [0.29, 0.717) is 5.56 Å². The van der Waals surface area contributed by atoms with Gasteiger partial charge in [-0.05, 0) is 32.8 Å². The van der Waals surface area contributed by atoms with Gasteiger partial charge in [-0.15, -0.1) is 0 Å². The second-order valence-corrected chi connectivity index (χ2v) is 6.10. The molecule has 2 unspecified atom stereocenters. The summed E-state index contributed by atoms with van der Waals surface area (Å²) in [5.74, 6) is -4.06. The highest BCUT2D eigenvalue weighted by Crippen LogP contribution is 2.15. The number of hydrogen-bond donors (Lipinski definition) is 3. The van der Waals surface area contributed by atoms with Crippen molar-refractivity contribution in [2.24, 2.45) is 5.92 Å². The summed E-state index contributed by atoms with van der Waals surface area (Å²) < 4.78 is 4.99. The van der Waals surface area contributed by atoms with Gasteiger partial charge in [0.05, 0.1) is 5.92 Å². The van der Waals surface area contributed by atoms with E-state index in [-0.39, 0.29) is 6.42 Å². The van der Waals surface area contributed by atoms with Crippen LogP contribution in [0.5, 0.6) is 0 Å². The average molecular weight is 323 g/mol. The van der Waals surface area contributed by atoms with E-state index < -0.39 is 35.6 Å². The molecule has 0 aromatic heterocycles. The second kappa shape index (κ2) is 7.62. The number of carbonyl (C=O) groups excluding carboxylic acids is 1. The fraction of sp³-hybridized carbons (Fsp3) is 0.438. The topological polar surface area (TPSA) is 113 Å². The van der Waals surface area contributed by atoms with Gasteiger partial charge in [0.1, 0.15) is 11.6 Å². The molecule has 0 saturated heterocycles. The summed E-state index contributed by atoms with van der Waals surface area (Å²) in [6.45, 7) is 4.88. The van der Waals surface area contributed by atoms with E-state index in [1.165, 1.54) is 0 Å². The molecule has 2 atom stereocenters. The Morgan fingerprint density at radius 1 is 1.09 bits per heavy atom. The molecule has 0 aliphatic rings. The van der Waals surface area contributed by atoms with Crippen molar-refractivity contribution >= 4 is 18.0 Å². The zero-order valence-electron chi connectivity index (χ0n) is 13.3. The molecule has 0 aliphatic carbocycles. The van der Waals surface area contributed by atoms with Gasteiger partial charge >= 0.3 is 18.0 Å². The van der Waals surface area contributed by atoms with Gasteiger partial charge in [-0.25, -0.2) is 9.59 Å². The molecule has 1 aromatic carbocycles. The van der Waals surface area contributed by atoms with Crippen molar-refractivity contribution in [3.63, 3.8) is 0 Å². The minimum atomic E-state index is -1.59. The number of hydrogen-bond acceptors (Lipinski definition) is 4. The number of aliphatic carboxylic acids is 2. The fourth-order valence-corrected chi connectivity index (χ4v) is 1.98. The molecule has 126 valence electrons. The molecule has 7 heteroatoms. The maximum atomic E-state index is 11.8. The van der Waals surface area contributed by atoms with Crippen molar-refractivity contribution in [3.05, 3.63) is 35.9 Å². The summed E-state index contributed by atoms with van der Waals surface area (Å²) in [5, 5.41) is 20.8. The molecular formula is C16H21NO6. The van der Waals surface area contributed by atoms with Crippen LogP contribution in [0.1, 0.15) is 26.3 Å². The number of rotatable bonds is 6. The first-order chi connectivity index (χ1) is 10.6. The van der Waals surface area contributed by atoms with Gasteiger partial charge in [0.15, 0.2) is 0 Å². The summed E-state index contributed by atoms with van der Waals surface area (Å²) in [6, 6.07) is 7.02. The minimum Gasteiger partial charge on any atom is -0.481 e. The summed E-state index contributed by atoms with van der Waals surface area (Å²) in [4.78, 5) is 34.6. The lowest BCUT2D eigenvalue weighted by Crippen LogP contribution is -2.50. The normalized spacial score (nSPS) is 13.7. The number of ether oxygens (including phenoxy) is 1. The van der Waals surface area contributed by atoms with E-state index in [0.717, 1.165) is 0 Å². The van der Waals surface area contributed by atoms with Crippen LogP contribution in [0.15, 0.2) is 30.3 Å². The molecule has 0 radical (unpaired) electrons. The first kappa shape index (κ1) is 18.5. The van der Waals surface area contributed by atoms with Crippen molar-refractivity contribution in [1.29, 1.82) is 0 Å². The lowest BCUT2D eigenvalue weighted by Gasteiger charge is -2.25. The average Bonchev–Trinajstić information content (AvgIpc) is 2.41. The van der Waals surface area contributed by atoms with Crippen molar-refractivity contribution < 1.29 is 29.3 Å². The van der Waals surface area contributed by atoms with E-state index in [9.17, 15) is 24.6 Å². The van der Waals surface area contributed by atoms with Gasteiger partial charge in [-0.1, -0.05) is 30.3 Å². The summed E-state index contributed by atoms with van der Waals surface area (Å²) in [6.07, 6.45) is -0.993. The van der Waals surface area contributed by atoms with Crippen molar-refractivity contribution in [2.45, 2.75) is 38.8 Å². The molecule has 1 rings (SSSR count). The minimum absolute atomic E-state index is 0.0249. The van der Waals surface area contributed by atoms with Crippen LogP contribution in [0, 0.1) is 5.92 Å². The maximum absolute atomic E-state index is 11.8. The van der Waals surface area contributed by atoms with Crippen molar-refractivity contribution in [1.82, 2.24) is 5.32 Å². The smallest absolute Gasteiger partial charge is 0.408 e. The third-order valence-electron chi connectivity index (χ3n) is 2.96. The first-order valence-electron chi connectivity index (χ1n) is 7.09. The van der Waals surface area contributed by atoms with Crippen molar-refractivity contribution in [2.75, 3.05) is 0 Å². The van der Waals surface area contributed by atoms with Gasteiger partial charge in [-0.2, -0.15) is 0 Å². The Labute approximate surface area is 134 Å². The monoisotopic (exact) mass is 323 g/mol. The highest BCUT2D eigenvalue weighted by molar-refractivity contribution is 5.86. The van der Waals surface area contributed by atoms with E-state index in [1.807, 2.05) is 0 Å². The third-order valence-corrected chi connectivity index (χ3v) is 2.96. The number of carbonyl (C=O) groups is 3. The highest BCUT2D eigenvalue weighted by atomic mass is 16.6. The Morgan fingerprint density at radius 2 is 1.65 bits per heavy atom. The number of benzene rings is 1. The van der Waals surface area contributed by atoms with Crippen LogP contribution >= 0.6 is 0 Å². The summed E-state index contributed by atoms with van der Waals surface area (Å²) in [5.41, 5.74) is -0.150. The van der Waals surface area contributed by atoms with Crippen LogP contribution in [0.3, 0.4) is 0 Å². The molecular weight excluding hydrogens is 302 g/mol. The first-order valence-corrected chi connectivity index (χ1v) is 7.09. The Balaban J connectivity index is 2.92. The molecule has 0 heterocycles. The molecule has 0 bridgehead atoms. The predicted molar refractivity (Wildman–Crippen MR) is 82.1 cm³/mol. The van der Waals surface area contributed by atoms with Gasteiger partial charge < -0.3 is 20.3 Å². The van der Waals surface area contributed by atoms with E-state index in [4.69, 9.17) is 4.74 Å². The van der Waals surface area contributed by atoms with Crippen LogP contribution in [-0.4, -0.2) is 39.9 Å². The maximum Gasteiger partial charge on any atom is 0.408 e. The lowest BCUT2D eigenvalue weighted by molar-refractivity contribution is -0.150. The van der Waals surface area contributed by atoms with Crippen LogP contribution in [0.4, 0.5) is 4.79 Å². The number of carboxylic acid groups (broad SMARTS) is 2. The number of carboxylic acids is 2. The number of nitrogens with one attached hydrogen (secondary N) is 1. The van der Waals surface area contributed by atoms with Crippen LogP contribution in [0.25, 0.3) is 0 Å². The third kappa shape index (κ3) is 6.37. The van der Waals surface area contributed by atoms with Crippen LogP contribution < -0.4 is 5.32 Å². The van der Waals surface area contributed by atoms with Crippen molar-refractivity contribution in [3.8, 4) is 0 Å². The number of alkyl carbamates (subject to hydrolysis) is 1. The van der Waals surface area contributed by atoms with Crippen LogP contribution in [0.2, 0.25) is 0 Å². The van der Waals surface area contributed by atoms with E-state index in [1.54, 1.807) is 51.1 Å². The molecule has 0 fully saturated rings. The molecule has 1 amide bonds. The quantitative estimate of drug-likeness (QED) is 0.737. The largest absolute Gasteiger partial charge is 0.481 e. The molecule has 23 heavy (non-hydrogen) atoms. The fourth-order valence-electron chi connectivity index (χ4n) is 1.98. The summed E-state index contributed by atoms with van der Waals surface area (Å²) in [7, 11) is 0. The van der Waals surface area contributed by atoms with Gasteiger partial charge in [0, 0.05) is 0 Å². The lowest BCUT2D eigenvalue weighted by atomic mass is 9.92. The molecule has 0 aliphatic heterocycles. The Kier molecular flexibility index (Phi) is 6.12. The Morgan fingerprint density at radius 3 is 2.09 bits per heavy atom. The number of amides is 1. The molecule has 3 N–H and O–H groups in total. The Bertz CT molecular complexity index is 564. The summed E-state index contributed by atoms with van der Waals surface area (Å²) >= 11 is 0. The zero-order chi connectivity index (χ0) is 17.6. The Hall–Kier alpha value is -2.57. The SMILES string of the molecule is CC(C)(C)OC(=O)NC(C(=O)O)C(Cc1ccccc1)C(=O)O. The van der Waals surface area contributed by atoms with Gasteiger partial charge in [0.2, 0.25) is 0 Å². The molecule has 7 nitrogen and oxygen atoms in total. The van der Waals surface area contributed by atoms with E-state index >= 15 is 0 Å². The van der Waals surface area contributed by atoms with Gasteiger partial charge in [-0.3, -0.25) is 4.79 Å². The van der Waals surface area contributed by atoms with Crippen LogP contribution in [-0.2, 0) is 20.7 Å². The predicted octanol–water partition coefficient (Wildman–Crippen LogP) is 1.91. The zero-order valence-corrected chi connectivity index (χ0v) is 13.3. The van der Waals surface area contributed by atoms with E-state index in [2.05, 4.69) is 5.32 Å².